The molecule has 0 saturated heterocycles. The van der Waals surface area contributed by atoms with Crippen molar-refractivity contribution in [1.29, 1.82) is 0 Å². The lowest BCUT2D eigenvalue weighted by molar-refractivity contribution is -0.119. The highest BCUT2D eigenvalue weighted by molar-refractivity contribution is 5.79. The average molecular weight is 277 g/mol. The number of hydrogen-bond donors (Lipinski definition) is 1. The Kier molecular flexibility index (Phi) is 7.40. The summed E-state index contributed by atoms with van der Waals surface area (Å²) in [6.45, 7) is 4.27. The Bertz CT molecular complexity index is 417. The van der Waals surface area contributed by atoms with E-state index in [-0.39, 0.29) is 11.8 Å². The largest absolute Gasteiger partial charge is 0.450 e. The molecule has 0 aliphatic rings. The maximum Gasteiger partial charge on any atom is 0.407 e. The van der Waals surface area contributed by atoms with E-state index in [0.29, 0.717) is 19.4 Å². The number of ketones is 1. The zero-order valence-corrected chi connectivity index (χ0v) is 12.2. The fourth-order valence-corrected chi connectivity index (χ4v) is 1.80. The third kappa shape index (κ3) is 5.87. The van der Waals surface area contributed by atoms with E-state index in [1.165, 1.54) is 0 Å². The molecule has 110 valence electrons. The van der Waals surface area contributed by atoms with Crippen molar-refractivity contribution in [1.82, 2.24) is 5.32 Å². The maximum absolute atomic E-state index is 11.7. The number of Topliss-reactive ketones (excluding diaryl/α,β-unsaturated/α-hetero) is 1. The molecule has 1 aromatic rings. The molecule has 0 heterocycles. The molecule has 4 nitrogen and oxygen atoms in total. The van der Waals surface area contributed by atoms with Crippen molar-refractivity contribution in [3.05, 3.63) is 35.9 Å². The molecule has 1 rings (SSSR count). The molecule has 0 aromatic heterocycles. The summed E-state index contributed by atoms with van der Waals surface area (Å²) in [5.41, 5.74) is 0.918. The molecular weight excluding hydrogens is 254 g/mol. The zero-order valence-electron chi connectivity index (χ0n) is 12.2. The molecular formula is C16H23NO3. The van der Waals surface area contributed by atoms with Gasteiger partial charge in [0, 0.05) is 12.8 Å². The van der Waals surface area contributed by atoms with Gasteiger partial charge in [0.25, 0.3) is 0 Å². The lowest BCUT2D eigenvalue weighted by Crippen LogP contribution is -2.30. The van der Waals surface area contributed by atoms with Gasteiger partial charge in [0.2, 0.25) is 0 Å². The van der Waals surface area contributed by atoms with Crippen molar-refractivity contribution in [2.45, 2.75) is 45.6 Å². The standard InChI is InChI=1S/C16H23NO3/c1-3-5-11-20-16(19)17-15(12-14(18)4-2)13-9-7-6-8-10-13/h6-10,15H,3-5,11-12H2,1-2H3,(H,17,19). The van der Waals surface area contributed by atoms with E-state index in [1.807, 2.05) is 44.2 Å². The Morgan fingerprint density at radius 3 is 2.50 bits per heavy atom. The number of carbonyl (C=O) groups excluding carboxylic acids is 2. The van der Waals surface area contributed by atoms with E-state index in [0.717, 1.165) is 18.4 Å². The van der Waals surface area contributed by atoms with Crippen LogP contribution in [0.4, 0.5) is 4.79 Å². The highest BCUT2D eigenvalue weighted by atomic mass is 16.5. The number of amides is 1. The highest BCUT2D eigenvalue weighted by Crippen LogP contribution is 2.17. The van der Waals surface area contributed by atoms with Crippen molar-refractivity contribution in [3.8, 4) is 0 Å². The van der Waals surface area contributed by atoms with Gasteiger partial charge in [-0.1, -0.05) is 50.6 Å². The van der Waals surface area contributed by atoms with E-state index in [9.17, 15) is 9.59 Å². The van der Waals surface area contributed by atoms with Gasteiger partial charge in [0.1, 0.15) is 5.78 Å². The zero-order chi connectivity index (χ0) is 14.8. The summed E-state index contributed by atoms with van der Waals surface area (Å²) in [7, 11) is 0. The van der Waals surface area contributed by atoms with Crippen LogP contribution in [0.5, 0.6) is 0 Å². The van der Waals surface area contributed by atoms with Crippen molar-refractivity contribution in [3.63, 3.8) is 0 Å². The predicted octanol–water partition coefficient (Wildman–Crippen LogP) is 3.62. The van der Waals surface area contributed by atoms with Crippen LogP contribution in [0, 0.1) is 0 Å². The Morgan fingerprint density at radius 2 is 1.90 bits per heavy atom. The Labute approximate surface area is 120 Å². The van der Waals surface area contributed by atoms with E-state index in [1.54, 1.807) is 0 Å². The van der Waals surface area contributed by atoms with Crippen molar-refractivity contribution in [2.75, 3.05) is 6.61 Å². The van der Waals surface area contributed by atoms with Gasteiger partial charge in [-0.15, -0.1) is 0 Å². The molecule has 1 atom stereocenters. The molecule has 4 heteroatoms. The van der Waals surface area contributed by atoms with Crippen molar-refractivity contribution < 1.29 is 14.3 Å². The molecule has 0 spiro atoms. The number of hydrogen-bond acceptors (Lipinski definition) is 3. The second-order valence-corrected chi connectivity index (χ2v) is 4.69. The smallest absolute Gasteiger partial charge is 0.407 e. The minimum absolute atomic E-state index is 0.118. The van der Waals surface area contributed by atoms with E-state index in [2.05, 4.69) is 5.32 Å². The Morgan fingerprint density at radius 1 is 1.20 bits per heavy atom. The van der Waals surface area contributed by atoms with E-state index in [4.69, 9.17) is 4.74 Å². The van der Waals surface area contributed by atoms with Crippen LogP contribution in [0.1, 0.15) is 51.1 Å². The van der Waals surface area contributed by atoms with Crippen LogP contribution in [0.25, 0.3) is 0 Å². The molecule has 1 aromatic carbocycles. The maximum atomic E-state index is 11.7. The SMILES string of the molecule is CCCCOC(=O)NC(CC(=O)CC)c1ccccc1. The summed E-state index contributed by atoms with van der Waals surface area (Å²) < 4.78 is 5.09. The monoisotopic (exact) mass is 277 g/mol. The molecule has 0 saturated carbocycles. The first kappa shape index (κ1) is 16.2. The second-order valence-electron chi connectivity index (χ2n) is 4.69. The number of rotatable bonds is 8. The predicted molar refractivity (Wildman–Crippen MR) is 78.5 cm³/mol. The minimum atomic E-state index is -0.462. The van der Waals surface area contributed by atoms with Gasteiger partial charge in [-0.05, 0) is 12.0 Å². The first-order chi connectivity index (χ1) is 9.67. The third-order valence-electron chi connectivity index (χ3n) is 3.05. The number of benzene rings is 1. The fraction of sp³-hybridized carbons (Fsp3) is 0.500. The van der Waals surface area contributed by atoms with Gasteiger partial charge >= 0.3 is 6.09 Å². The number of carbonyl (C=O) groups is 2. The van der Waals surface area contributed by atoms with Crippen LogP contribution >= 0.6 is 0 Å². The summed E-state index contributed by atoms with van der Waals surface area (Å²) in [4.78, 5) is 23.4. The van der Waals surface area contributed by atoms with Gasteiger partial charge in [-0.25, -0.2) is 4.79 Å². The summed E-state index contributed by atoms with van der Waals surface area (Å²) in [6, 6.07) is 9.17. The lowest BCUT2D eigenvalue weighted by atomic mass is 10.0. The van der Waals surface area contributed by atoms with Crippen LogP contribution in [0.2, 0.25) is 0 Å². The topological polar surface area (TPSA) is 55.4 Å². The summed E-state index contributed by atoms with van der Waals surface area (Å²) >= 11 is 0. The van der Waals surface area contributed by atoms with Gasteiger partial charge in [0.15, 0.2) is 0 Å². The van der Waals surface area contributed by atoms with Gasteiger partial charge in [-0.2, -0.15) is 0 Å². The van der Waals surface area contributed by atoms with Crippen molar-refractivity contribution in [2.24, 2.45) is 0 Å². The van der Waals surface area contributed by atoms with Gasteiger partial charge in [-0.3, -0.25) is 4.79 Å². The molecule has 20 heavy (non-hydrogen) atoms. The lowest BCUT2D eigenvalue weighted by Gasteiger charge is -2.18. The van der Waals surface area contributed by atoms with Crippen molar-refractivity contribution >= 4 is 11.9 Å². The molecule has 1 amide bonds. The first-order valence-electron chi connectivity index (χ1n) is 7.17. The number of alkyl carbamates (subject to hydrolysis) is 1. The number of unbranched alkanes of at least 4 members (excludes halogenated alkanes) is 1. The normalized spacial score (nSPS) is 11.7. The van der Waals surface area contributed by atoms with Crippen LogP contribution < -0.4 is 5.32 Å². The summed E-state index contributed by atoms with van der Waals surface area (Å²) in [5.74, 6) is 0.118. The average Bonchev–Trinajstić information content (AvgIpc) is 2.47. The molecule has 0 aliphatic carbocycles. The fourth-order valence-electron chi connectivity index (χ4n) is 1.80. The highest BCUT2D eigenvalue weighted by Gasteiger charge is 2.18. The quantitative estimate of drug-likeness (QED) is 0.738. The van der Waals surface area contributed by atoms with Crippen LogP contribution in [-0.4, -0.2) is 18.5 Å². The molecule has 1 N–H and O–H groups in total. The Balaban J connectivity index is 2.63. The molecule has 0 fully saturated rings. The van der Waals surface area contributed by atoms with Gasteiger partial charge in [0.05, 0.1) is 12.6 Å². The third-order valence-corrected chi connectivity index (χ3v) is 3.05. The summed E-state index contributed by atoms with van der Waals surface area (Å²) in [6.07, 6.45) is 2.12. The second kappa shape index (κ2) is 9.13. The number of ether oxygens (including phenoxy) is 1. The van der Waals surface area contributed by atoms with Crippen LogP contribution in [-0.2, 0) is 9.53 Å². The molecule has 0 bridgehead atoms. The first-order valence-corrected chi connectivity index (χ1v) is 7.17. The van der Waals surface area contributed by atoms with Crippen LogP contribution in [0.15, 0.2) is 30.3 Å². The van der Waals surface area contributed by atoms with Crippen LogP contribution in [0.3, 0.4) is 0 Å². The molecule has 0 radical (unpaired) electrons. The van der Waals surface area contributed by atoms with E-state index >= 15 is 0 Å². The Hall–Kier alpha value is -1.84. The minimum Gasteiger partial charge on any atom is -0.450 e. The van der Waals surface area contributed by atoms with Gasteiger partial charge < -0.3 is 10.1 Å². The summed E-state index contributed by atoms with van der Waals surface area (Å²) in [5, 5.41) is 2.78. The molecule has 1 unspecified atom stereocenters. The number of nitrogens with one attached hydrogen (secondary N) is 1. The van der Waals surface area contributed by atoms with E-state index < -0.39 is 6.09 Å². The molecule has 0 aliphatic heterocycles.